The molecule has 2 N–H and O–H groups in total. The van der Waals surface area contributed by atoms with Crippen LogP contribution in [0.25, 0.3) is 0 Å². The number of nitrogens with zero attached hydrogens (tertiary/aromatic N) is 1. The van der Waals surface area contributed by atoms with E-state index in [4.69, 9.17) is 0 Å². The lowest BCUT2D eigenvalue weighted by atomic mass is 10.3. The lowest BCUT2D eigenvalue weighted by molar-refractivity contribution is 0.599. The Bertz CT molecular complexity index is 686. The van der Waals surface area contributed by atoms with Crippen LogP contribution in [0.3, 0.4) is 0 Å². The van der Waals surface area contributed by atoms with Crippen LogP contribution < -0.4 is 10.0 Å². The Balaban J connectivity index is 2.18. The number of nitrogens with one attached hydrogen (secondary N) is 2. The quantitative estimate of drug-likeness (QED) is 0.857. The second-order valence-electron chi connectivity index (χ2n) is 4.02. The summed E-state index contributed by atoms with van der Waals surface area (Å²) in [5, 5.41) is 4.88. The third-order valence-electron chi connectivity index (χ3n) is 2.49. The van der Waals surface area contributed by atoms with Gasteiger partial charge in [-0.05, 0) is 29.6 Å². The van der Waals surface area contributed by atoms with Crippen molar-refractivity contribution in [1.29, 1.82) is 0 Å². The molecule has 5 nitrogen and oxygen atoms in total. The molecule has 2 heterocycles. The van der Waals surface area contributed by atoms with Crippen molar-refractivity contribution in [3.05, 3.63) is 41.3 Å². The monoisotopic (exact) mass is 315 g/mol. The van der Waals surface area contributed by atoms with Gasteiger partial charge in [0, 0.05) is 12.7 Å². The van der Waals surface area contributed by atoms with E-state index in [-0.39, 0.29) is 9.90 Å². The first-order valence-electron chi connectivity index (χ1n) is 5.93. The van der Waals surface area contributed by atoms with E-state index >= 15 is 0 Å². The molecule has 0 aliphatic heterocycles. The standard InChI is InChI=1S/C12H14FN3O2S2/c1-2-14-6-9-5-12(19-8-9)20(17,18)16-11-3-4-15-7-10(11)13/h3-5,7-8,14H,2,6H2,1H3,(H,15,16). The van der Waals surface area contributed by atoms with Crippen molar-refractivity contribution in [1.82, 2.24) is 10.3 Å². The number of thiophene rings is 1. The van der Waals surface area contributed by atoms with Gasteiger partial charge >= 0.3 is 0 Å². The summed E-state index contributed by atoms with van der Waals surface area (Å²) in [6.07, 6.45) is 2.29. The highest BCUT2D eigenvalue weighted by atomic mass is 32.2. The van der Waals surface area contributed by atoms with Crippen LogP contribution in [0, 0.1) is 5.82 Å². The summed E-state index contributed by atoms with van der Waals surface area (Å²) in [6.45, 7) is 3.38. The molecule has 0 unspecified atom stereocenters. The molecule has 0 fully saturated rings. The average Bonchev–Trinajstić information content (AvgIpc) is 2.88. The zero-order valence-corrected chi connectivity index (χ0v) is 12.4. The Kier molecular flexibility index (Phi) is 4.69. The van der Waals surface area contributed by atoms with E-state index in [0.717, 1.165) is 29.6 Å². The third-order valence-corrected chi connectivity index (χ3v) is 5.34. The van der Waals surface area contributed by atoms with Gasteiger partial charge in [0.05, 0.1) is 11.9 Å². The number of rotatable bonds is 6. The van der Waals surface area contributed by atoms with Crippen molar-refractivity contribution in [2.45, 2.75) is 17.7 Å². The molecular formula is C12H14FN3O2S2. The van der Waals surface area contributed by atoms with Gasteiger partial charge in [0.25, 0.3) is 10.0 Å². The van der Waals surface area contributed by atoms with Gasteiger partial charge in [0.2, 0.25) is 0 Å². The topological polar surface area (TPSA) is 71.1 Å². The predicted molar refractivity (Wildman–Crippen MR) is 76.7 cm³/mol. The molecule has 0 saturated carbocycles. The van der Waals surface area contributed by atoms with E-state index in [9.17, 15) is 12.8 Å². The molecule has 0 radical (unpaired) electrons. The molecule has 108 valence electrons. The molecule has 2 aromatic heterocycles. The van der Waals surface area contributed by atoms with Crippen LogP contribution in [0.5, 0.6) is 0 Å². The van der Waals surface area contributed by atoms with E-state index in [2.05, 4.69) is 15.0 Å². The van der Waals surface area contributed by atoms with E-state index in [1.165, 1.54) is 12.3 Å². The molecule has 0 aliphatic rings. The minimum absolute atomic E-state index is 0.110. The fraction of sp³-hybridized carbons (Fsp3) is 0.250. The second-order valence-corrected chi connectivity index (χ2v) is 6.84. The number of hydrogen-bond donors (Lipinski definition) is 2. The highest BCUT2D eigenvalue weighted by Gasteiger charge is 2.18. The first kappa shape index (κ1) is 14.9. The van der Waals surface area contributed by atoms with Gasteiger partial charge < -0.3 is 5.32 Å². The van der Waals surface area contributed by atoms with E-state index in [1.807, 2.05) is 6.92 Å². The van der Waals surface area contributed by atoms with Crippen LogP contribution in [0.1, 0.15) is 12.5 Å². The molecular weight excluding hydrogens is 301 g/mol. The van der Waals surface area contributed by atoms with Crippen molar-refractivity contribution in [3.8, 4) is 0 Å². The molecule has 8 heteroatoms. The molecule has 0 aromatic carbocycles. The highest BCUT2D eigenvalue weighted by Crippen LogP contribution is 2.23. The van der Waals surface area contributed by atoms with Crippen LogP contribution in [0.15, 0.2) is 34.1 Å². The zero-order valence-electron chi connectivity index (χ0n) is 10.8. The highest BCUT2D eigenvalue weighted by molar-refractivity contribution is 7.94. The maximum Gasteiger partial charge on any atom is 0.271 e. The fourth-order valence-corrected chi connectivity index (χ4v) is 3.79. The Morgan fingerprint density at radius 1 is 1.45 bits per heavy atom. The molecule has 0 saturated heterocycles. The van der Waals surface area contributed by atoms with Crippen molar-refractivity contribution in [2.24, 2.45) is 0 Å². The molecule has 0 atom stereocenters. The van der Waals surface area contributed by atoms with Crippen LogP contribution in [-0.4, -0.2) is 19.9 Å². The summed E-state index contributed by atoms with van der Waals surface area (Å²) in [6, 6.07) is 2.86. The van der Waals surface area contributed by atoms with Crippen LogP contribution in [0.2, 0.25) is 0 Å². The smallest absolute Gasteiger partial charge is 0.271 e. The SMILES string of the molecule is CCNCc1csc(S(=O)(=O)Nc2ccncc2F)c1. The van der Waals surface area contributed by atoms with Gasteiger partial charge in [0.1, 0.15) is 4.21 Å². The maximum absolute atomic E-state index is 13.4. The number of aromatic nitrogens is 1. The largest absolute Gasteiger partial charge is 0.313 e. The minimum Gasteiger partial charge on any atom is -0.313 e. The summed E-state index contributed by atoms with van der Waals surface area (Å²) >= 11 is 1.10. The first-order chi connectivity index (χ1) is 9.53. The summed E-state index contributed by atoms with van der Waals surface area (Å²) in [5.41, 5.74) is 0.772. The zero-order chi connectivity index (χ0) is 14.6. The van der Waals surface area contributed by atoms with Crippen molar-refractivity contribution in [2.75, 3.05) is 11.3 Å². The second kappa shape index (κ2) is 6.29. The summed E-state index contributed by atoms with van der Waals surface area (Å²) in [7, 11) is -3.77. The fourth-order valence-electron chi connectivity index (χ4n) is 1.51. The van der Waals surface area contributed by atoms with Gasteiger partial charge in [-0.1, -0.05) is 6.92 Å². The minimum atomic E-state index is -3.77. The maximum atomic E-state index is 13.4. The van der Waals surface area contributed by atoms with Gasteiger partial charge in [-0.25, -0.2) is 12.8 Å². The summed E-state index contributed by atoms with van der Waals surface area (Å²) < 4.78 is 40.1. The molecule has 20 heavy (non-hydrogen) atoms. The Morgan fingerprint density at radius 3 is 2.95 bits per heavy atom. The Hall–Kier alpha value is -1.51. The third kappa shape index (κ3) is 3.53. The molecule has 0 spiro atoms. The summed E-state index contributed by atoms with van der Waals surface area (Å²) in [4.78, 5) is 3.57. The molecule has 0 bridgehead atoms. The Morgan fingerprint density at radius 2 is 2.25 bits per heavy atom. The summed E-state index contributed by atoms with van der Waals surface area (Å²) in [5.74, 6) is -0.708. The average molecular weight is 315 g/mol. The van der Waals surface area contributed by atoms with Gasteiger partial charge in [-0.3, -0.25) is 9.71 Å². The van der Waals surface area contributed by atoms with E-state index in [0.29, 0.717) is 6.54 Å². The van der Waals surface area contributed by atoms with Crippen molar-refractivity contribution < 1.29 is 12.8 Å². The van der Waals surface area contributed by atoms with Crippen LogP contribution in [0.4, 0.5) is 10.1 Å². The molecule has 2 aromatic rings. The number of pyridine rings is 1. The lowest BCUT2D eigenvalue weighted by Crippen LogP contribution is -2.13. The predicted octanol–water partition coefficient (Wildman–Crippen LogP) is 2.19. The number of hydrogen-bond acceptors (Lipinski definition) is 5. The van der Waals surface area contributed by atoms with Crippen LogP contribution >= 0.6 is 11.3 Å². The van der Waals surface area contributed by atoms with Gasteiger partial charge in [-0.15, -0.1) is 11.3 Å². The lowest BCUT2D eigenvalue weighted by Gasteiger charge is -2.06. The van der Waals surface area contributed by atoms with Gasteiger partial charge in [0.15, 0.2) is 5.82 Å². The number of halogens is 1. The Labute approximate surface area is 120 Å². The molecule has 2 rings (SSSR count). The normalized spacial score (nSPS) is 11.5. The van der Waals surface area contributed by atoms with E-state index in [1.54, 1.807) is 11.4 Å². The van der Waals surface area contributed by atoms with E-state index < -0.39 is 15.8 Å². The number of anilines is 1. The van der Waals surface area contributed by atoms with Crippen molar-refractivity contribution in [3.63, 3.8) is 0 Å². The first-order valence-corrected chi connectivity index (χ1v) is 8.29. The molecule has 0 aliphatic carbocycles. The molecule has 0 amide bonds. The van der Waals surface area contributed by atoms with Gasteiger partial charge in [-0.2, -0.15) is 0 Å². The number of sulfonamides is 1. The van der Waals surface area contributed by atoms with Crippen molar-refractivity contribution >= 4 is 27.0 Å². The van der Waals surface area contributed by atoms with Crippen LogP contribution in [-0.2, 0) is 16.6 Å².